The summed E-state index contributed by atoms with van der Waals surface area (Å²) in [5, 5.41) is 15.0. The average molecular weight is 535 g/mol. The molecule has 2 aliphatic heterocycles. The first-order valence-corrected chi connectivity index (χ1v) is 12.3. The Morgan fingerprint density at radius 1 is 1.29 bits per heavy atom. The second-order valence-corrected chi connectivity index (χ2v) is 9.75. The van der Waals surface area contributed by atoms with E-state index in [1.165, 1.54) is 23.2 Å². The maximum Gasteiger partial charge on any atom is 0.280 e. The van der Waals surface area contributed by atoms with E-state index in [2.05, 4.69) is 25.7 Å². The molecule has 4 aromatic rings. The van der Waals surface area contributed by atoms with E-state index in [9.17, 15) is 13.2 Å². The Labute approximate surface area is 214 Å². The van der Waals surface area contributed by atoms with Gasteiger partial charge in [0.05, 0.1) is 62.8 Å². The third kappa shape index (κ3) is 4.30. The zero-order chi connectivity index (χ0) is 26.6. The molecule has 0 radical (unpaired) electrons. The number of fused-ring (bicyclic) bond motifs is 2. The standard InChI is InChI=1S/C24H26F4N8O2/c1-13(25)8-35-18-7-14(3-4-17(18)31-33-35)20-16(26)9-36-21(20)22(37-2)30-23(32-36)29-19-5-6-34(12-24(19,27)28)15-10-38-11-15/h3-4,7,9,13,15,19H,5-6,8,10-12H2,1-2H3,(H,29,32)/t13-,19+/m0/s1. The molecule has 1 N–H and O–H groups in total. The number of alkyl halides is 3. The van der Waals surface area contributed by atoms with Crippen LogP contribution in [0.5, 0.6) is 5.88 Å². The zero-order valence-electron chi connectivity index (χ0n) is 20.7. The number of rotatable bonds is 7. The molecule has 38 heavy (non-hydrogen) atoms. The number of benzene rings is 1. The molecule has 0 saturated carbocycles. The van der Waals surface area contributed by atoms with Crippen molar-refractivity contribution in [2.45, 2.75) is 44.1 Å². The van der Waals surface area contributed by atoms with E-state index < -0.39 is 30.5 Å². The van der Waals surface area contributed by atoms with Crippen LogP contribution in [-0.4, -0.2) is 92.1 Å². The van der Waals surface area contributed by atoms with Crippen LogP contribution < -0.4 is 10.1 Å². The average Bonchev–Trinajstić information content (AvgIpc) is 3.37. The van der Waals surface area contributed by atoms with Gasteiger partial charge < -0.3 is 14.8 Å². The molecular formula is C24H26F4N8O2. The number of nitrogens with zero attached hydrogens (tertiary/aromatic N) is 7. The summed E-state index contributed by atoms with van der Waals surface area (Å²) in [6.45, 7) is 2.43. The molecule has 0 unspecified atom stereocenters. The number of nitrogens with one attached hydrogen (secondary N) is 1. The van der Waals surface area contributed by atoms with Gasteiger partial charge in [-0.25, -0.2) is 26.8 Å². The van der Waals surface area contributed by atoms with Gasteiger partial charge in [0.25, 0.3) is 5.92 Å². The number of ether oxygens (including phenoxy) is 2. The van der Waals surface area contributed by atoms with Crippen LogP contribution in [0.3, 0.4) is 0 Å². The number of likely N-dealkylation sites (tertiary alicyclic amines) is 1. The number of halogens is 4. The van der Waals surface area contributed by atoms with Gasteiger partial charge in [-0.3, -0.25) is 4.90 Å². The van der Waals surface area contributed by atoms with E-state index >= 15 is 4.39 Å². The molecule has 0 amide bonds. The fourth-order valence-electron chi connectivity index (χ4n) is 5.04. The van der Waals surface area contributed by atoms with Crippen molar-refractivity contribution in [1.29, 1.82) is 0 Å². The van der Waals surface area contributed by atoms with E-state index in [1.807, 2.05) is 0 Å². The van der Waals surface area contributed by atoms with Crippen molar-refractivity contribution in [2.24, 2.45) is 0 Å². The number of hydrogen-bond donors (Lipinski definition) is 1. The third-order valence-electron chi connectivity index (χ3n) is 7.04. The summed E-state index contributed by atoms with van der Waals surface area (Å²) in [6, 6.07) is 3.79. The normalized spacial score (nSPS) is 21.1. The second kappa shape index (κ2) is 9.34. The Morgan fingerprint density at radius 2 is 2.11 bits per heavy atom. The lowest BCUT2D eigenvalue weighted by Crippen LogP contribution is -2.61. The van der Waals surface area contributed by atoms with Crippen LogP contribution in [0, 0.1) is 5.82 Å². The first-order chi connectivity index (χ1) is 18.2. The quantitative estimate of drug-likeness (QED) is 0.362. The molecule has 5 heterocycles. The molecule has 2 atom stereocenters. The molecule has 10 nitrogen and oxygen atoms in total. The number of methoxy groups -OCH3 is 1. The molecule has 6 rings (SSSR count). The fraction of sp³-hybridized carbons (Fsp3) is 0.500. The highest BCUT2D eigenvalue weighted by molar-refractivity contribution is 5.89. The summed E-state index contributed by atoms with van der Waals surface area (Å²) in [6.07, 6.45) is 0.167. The number of hydrogen-bond acceptors (Lipinski definition) is 8. The van der Waals surface area contributed by atoms with Crippen LogP contribution in [-0.2, 0) is 11.3 Å². The van der Waals surface area contributed by atoms with Crippen molar-refractivity contribution in [3.8, 4) is 17.0 Å². The van der Waals surface area contributed by atoms with E-state index in [-0.39, 0.29) is 41.9 Å². The minimum Gasteiger partial charge on any atom is -0.479 e. The van der Waals surface area contributed by atoms with Gasteiger partial charge in [0.1, 0.15) is 17.2 Å². The van der Waals surface area contributed by atoms with Gasteiger partial charge in [-0.05, 0) is 31.0 Å². The summed E-state index contributed by atoms with van der Waals surface area (Å²) in [7, 11) is 1.36. The highest BCUT2D eigenvalue weighted by Gasteiger charge is 2.47. The Bertz CT molecular complexity index is 1490. The monoisotopic (exact) mass is 534 g/mol. The summed E-state index contributed by atoms with van der Waals surface area (Å²) in [5.74, 6) is -3.74. The Kier molecular flexibility index (Phi) is 6.10. The Balaban J connectivity index is 1.33. The van der Waals surface area contributed by atoms with Crippen molar-refractivity contribution in [2.75, 3.05) is 38.7 Å². The molecule has 0 bridgehead atoms. The van der Waals surface area contributed by atoms with Crippen LogP contribution in [0.15, 0.2) is 24.4 Å². The minimum atomic E-state index is -3.03. The van der Waals surface area contributed by atoms with Crippen LogP contribution in [0.1, 0.15) is 13.3 Å². The van der Waals surface area contributed by atoms with Gasteiger partial charge >= 0.3 is 0 Å². The first kappa shape index (κ1) is 24.8. The van der Waals surface area contributed by atoms with Crippen molar-refractivity contribution < 1.29 is 27.0 Å². The minimum absolute atomic E-state index is 0.00159. The lowest BCUT2D eigenvalue weighted by molar-refractivity contribution is -0.131. The van der Waals surface area contributed by atoms with E-state index in [4.69, 9.17) is 9.47 Å². The fourth-order valence-corrected chi connectivity index (χ4v) is 5.04. The predicted molar refractivity (Wildman–Crippen MR) is 130 cm³/mol. The Morgan fingerprint density at radius 3 is 2.79 bits per heavy atom. The molecule has 0 spiro atoms. The van der Waals surface area contributed by atoms with E-state index in [0.717, 1.165) is 6.20 Å². The first-order valence-electron chi connectivity index (χ1n) is 12.3. The van der Waals surface area contributed by atoms with Gasteiger partial charge in [0.15, 0.2) is 5.82 Å². The van der Waals surface area contributed by atoms with Crippen LogP contribution in [0.2, 0.25) is 0 Å². The summed E-state index contributed by atoms with van der Waals surface area (Å²) >= 11 is 0. The SMILES string of the molecule is COc1nc(N[C@@H]2CCN(C3COC3)CC2(F)F)nn2cc(F)c(-c3ccc4nnn(C[C@H](C)F)c4c3)c12. The van der Waals surface area contributed by atoms with Crippen LogP contribution >= 0.6 is 0 Å². The predicted octanol–water partition coefficient (Wildman–Crippen LogP) is 3.17. The molecular weight excluding hydrogens is 508 g/mol. The lowest BCUT2D eigenvalue weighted by Gasteiger charge is -2.44. The van der Waals surface area contributed by atoms with Crippen molar-refractivity contribution >= 4 is 22.5 Å². The third-order valence-corrected chi connectivity index (χ3v) is 7.04. The molecule has 2 fully saturated rings. The van der Waals surface area contributed by atoms with Gasteiger partial charge in [-0.15, -0.1) is 10.2 Å². The lowest BCUT2D eigenvalue weighted by atomic mass is 9.98. The van der Waals surface area contributed by atoms with E-state index in [1.54, 1.807) is 23.1 Å². The molecule has 0 aliphatic carbocycles. The maximum atomic E-state index is 15.3. The smallest absolute Gasteiger partial charge is 0.280 e. The molecule has 14 heteroatoms. The van der Waals surface area contributed by atoms with E-state index in [0.29, 0.717) is 36.4 Å². The van der Waals surface area contributed by atoms with Crippen molar-refractivity contribution in [1.82, 2.24) is 34.5 Å². The Hall–Kier alpha value is -3.52. The molecule has 202 valence electrons. The summed E-state index contributed by atoms with van der Waals surface area (Å²) in [5.41, 5.74) is 1.89. The van der Waals surface area contributed by atoms with Gasteiger partial charge in [0.2, 0.25) is 11.8 Å². The van der Waals surface area contributed by atoms with Crippen LogP contribution in [0.25, 0.3) is 27.7 Å². The maximum absolute atomic E-state index is 15.3. The van der Waals surface area contributed by atoms with Gasteiger partial charge in [0, 0.05) is 6.54 Å². The topological polar surface area (TPSA) is 94.6 Å². The van der Waals surface area contributed by atoms with Crippen LogP contribution in [0.4, 0.5) is 23.5 Å². The van der Waals surface area contributed by atoms with Crippen molar-refractivity contribution in [3.63, 3.8) is 0 Å². The molecule has 3 aromatic heterocycles. The second-order valence-electron chi connectivity index (χ2n) is 9.75. The number of aromatic nitrogens is 6. The van der Waals surface area contributed by atoms with Crippen molar-refractivity contribution in [3.05, 3.63) is 30.2 Å². The molecule has 1 aromatic carbocycles. The highest BCUT2D eigenvalue weighted by Crippen LogP contribution is 2.36. The highest BCUT2D eigenvalue weighted by atomic mass is 19.3. The summed E-state index contributed by atoms with van der Waals surface area (Å²) in [4.78, 5) is 6.03. The zero-order valence-corrected chi connectivity index (χ0v) is 20.7. The molecule has 2 aliphatic rings. The number of anilines is 1. The van der Waals surface area contributed by atoms with Gasteiger partial charge in [-0.1, -0.05) is 11.3 Å². The number of piperidine rings is 1. The summed E-state index contributed by atoms with van der Waals surface area (Å²) < 4.78 is 72.1. The molecule has 2 saturated heterocycles. The van der Waals surface area contributed by atoms with Gasteiger partial charge in [-0.2, -0.15) is 4.98 Å². The largest absolute Gasteiger partial charge is 0.479 e.